The smallest absolute Gasteiger partial charge is 0.271 e. The molecule has 2 aromatic heterocycles. The first-order valence-electron chi connectivity index (χ1n) is 11.9. The van der Waals surface area contributed by atoms with E-state index in [1.807, 2.05) is 43.0 Å². The van der Waals surface area contributed by atoms with Crippen molar-refractivity contribution in [2.75, 3.05) is 30.0 Å². The van der Waals surface area contributed by atoms with Gasteiger partial charge in [0.05, 0.1) is 29.2 Å². The van der Waals surface area contributed by atoms with Crippen molar-refractivity contribution in [1.29, 1.82) is 0 Å². The number of benzene rings is 2. The van der Waals surface area contributed by atoms with E-state index in [1.54, 1.807) is 18.2 Å². The van der Waals surface area contributed by atoms with Gasteiger partial charge in [-0.05, 0) is 73.2 Å². The Morgan fingerprint density at radius 2 is 1.86 bits per heavy atom. The van der Waals surface area contributed by atoms with Crippen LogP contribution in [-0.2, 0) is 0 Å². The molecule has 186 valence electrons. The highest BCUT2D eigenvalue weighted by Crippen LogP contribution is 2.38. The lowest BCUT2D eigenvalue weighted by molar-refractivity contribution is 0.127. The number of anilines is 1. The molecule has 1 aliphatic rings. The molecule has 1 fully saturated rings. The zero-order chi connectivity index (χ0) is 25.1. The number of hydrogen-bond acceptors (Lipinski definition) is 6. The lowest BCUT2D eigenvalue weighted by atomic mass is 9.82. The summed E-state index contributed by atoms with van der Waals surface area (Å²) in [4.78, 5) is 12.8. The number of aryl methyl sites for hydroxylation is 1. The van der Waals surface area contributed by atoms with Crippen LogP contribution < -0.4 is 10.9 Å². The van der Waals surface area contributed by atoms with Crippen LogP contribution in [0.1, 0.15) is 18.4 Å². The number of halogens is 1. The summed E-state index contributed by atoms with van der Waals surface area (Å²) < 4.78 is 15.0. The average Bonchev–Trinajstić information content (AvgIpc) is 3.33. The van der Waals surface area contributed by atoms with Gasteiger partial charge in [0.2, 0.25) is 0 Å². The summed E-state index contributed by atoms with van der Waals surface area (Å²) in [5.74, 6) is 2.27. The fraction of sp³-hybridized carbons (Fsp3) is 0.296. The van der Waals surface area contributed by atoms with Crippen molar-refractivity contribution in [3.63, 3.8) is 0 Å². The molecular weight excluding hydrogens is 477 g/mol. The Labute approximate surface area is 212 Å². The van der Waals surface area contributed by atoms with E-state index in [1.165, 1.54) is 22.9 Å². The highest BCUT2D eigenvalue weighted by molar-refractivity contribution is 7.99. The van der Waals surface area contributed by atoms with E-state index >= 15 is 0 Å². The fourth-order valence-electron chi connectivity index (χ4n) is 4.53. The Morgan fingerprint density at radius 1 is 1.11 bits per heavy atom. The van der Waals surface area contributed by atoms with Crippen LogP contribution in [0, 0.1) is 18.2 Å². The fourth-order valence-corrected chi connectivity index (χ4v) is 5.89. The third-order valence-corrected chi connectivity index (χ3v) is 7.80. The third kappa shape index (κ3) is 4.81. The van der Waals surface area contributed by atoms with Crippen LogP contribution in [-0.4, -0.2) is 49.7 Å². The second kappa shape index (κ2) is 10.3. The zero-order valence-corrected chi connectivity index (χ0v) is 20.8. The predicted molar refractivity (Wildman–Crippen MR) is 142 cm³/mol. The molecule has 0 radical (unpaired) electrons. The van der Waals surface area contributed by atoms with Gasteiger partial charge in [0, 0.05) is 23.6 Å². The average molecular weight is 506 g/mol. The van der Waals surface area contributed by atoms with Gasteiger partial charge in [0.1, 0.15) is 5.82 Å². The van der Waals surface area contributed by atoms with Crippen molar-refractivity contribution < 1.29 is 9.50 Å². The molecule has 0 atom stereocenters. The first kappa shape index (κ1) is 24.3. The molecule has 1 saturated heterocycles. The lowest BCUT2D eigenvalue weighted by Gasteiger charge is -2.35. The van der Waals surface area contributed by atoms with Crippen molar-refractivity contribution in [3.05, 3.63) is 82.4 Å². The van der Waals surface area contributed by atoms with E-state index in [-0.39, 0.29) is 23.4 Å². The minimum Gasteiger partial charge on any atom is -0.396 e. The second-order valence-electron chi connectivity index (χ2n) is 9.21. The molecular formula is C27H28FN5O2S. The number of nitrogens with zero attached hydrogens (tertiary/aromatic N) is 3. The Balaban J connectivity index is 1.60. The molecule has 2 aromatic carbocycles. The summed E-state index contributed by atoms with van der Waals surface area (Å²) in [5.41, 5.74) is 3.80. The Morgan fingerprint density at radius 3 is 2.58 bits per heavy atom. The van der Waals surface area contributed by atoms with Crippen molar-refractivity contribution in [2.24, 2.45) is 5.41 Å². The number of nitrogens with one attached hydrogen (secondary N) is 2. The van der Waals surface area contributed by atoms with Crippen molar-refractivity contribution >= 4 is 17.6 Å². The molecule has 0 unspecified atom stereocenters. The summed E-state index contributed by atoms with van der Waals surface area (Å²) in [6, 6.07) is 16.9. The van der Waals surface area contributed by atoms with Gasteiger partial charge in [-0.1, -0.05) is 18.2 Å². The van der Waals surface area contributed by atoms with Crippen LogP contribution in [0.15, 0.2) is 65.5 Å². The molecule has 4 aromatic rings. The van der Waals surface area contributed by atoms with Crippen molar-refractivity contribution in [3.8, 4) is 28.2 Å². The number of rotatable bonds is 7. The van der Waals surface area contributed by atoms with Gasteiger partial charge < -0.3 is 10.4 Å². The third-order valence-electron chi connectivity index (χ3n) is 6.82. The van der Waals surface area contributed by atoms with E-state index < -0.39 is 0 Å². The molecule has 5 rings (SSSR count). The van der Waals surface area contributed by atoms with Crippen LogP contribution in [0.3, 0.4) is 0 Å². The summed E-state index contributed by atoms with van der Waals surface area (Å²) in [7, 11) is 0. The Bertz CT molecular complexity index is 1410. The van der Waals surface area contributed by atoms with Gasteiger partial charge in [-0.3, -0.25) is 9.89 Å². The molecule has 0 spiro atoms. The number of aliphatic hydroxyl groups excluding tert-OH is 1. The number of thioether (sulfide) groups is 1. The maximum absolute atomic E-state index is 13.6. The number of H-pyrrole nitrogens is 1. The standard InChI is InChI=1S/C27H28FN5O2S/c1-18-4-2-3-5-22(18)33-23(35)11-10-21(32-33)24-25(19-6-8-20(28)9-7-19)30-31-26(24)29-16-27(17-34)12-14-36-15-13-27/h2-11,34H,12-17H2,1H3,(H2,29,30,31). The molecule has 1 aliphatic heterocycles. The number of para-hydroxylation sites is 1. The maximum atomic E-state index is 13.6. The minimum atomic E-state index is -0.329. The Hall–Kier alpha value is -3.43. The van der Waals surface area contributed by atoms with Gasteiger partial charge in [-0.15, -0.1) is 0 Å². The SMILES string of the molecule is Cc1ccccc1-n1nc(-c2c(NCC3(CO)CCSCC3)n[nH]c2-c2ccc(F)cc2)ccc1=O. The summed E-state index contributed by atoms with van der Waals surface area (Å²) in [6.07, 6.45) is 1.84. The summed E-state index contributed by atoms with van der Waals surface area (Å²) >= 11 is 1.91. The van der Waals surface area contributed by atoms with Crippen LogP contribution in [0.2, 0.25) is 0 Å². The minimum absolute atomic E-state index is 0.0988. The zero-order valence-electron chi connectivity index (χ0n) is 20.0. The number of aromatic nitrogens is 4. The van der Waals surface area contributed by atoms with Crippen LogP contribution in [0.4, 0.5) is 10.2 Å². The van der Waals surface area contributed by atoms with E-state index in [9.17, 15) is 14.3 Å². The molecule has 3 heterocycles. The van der Waals surface area contributed by atoms with E-state index in [2.05, 4.69) is 15.5 Å². The molecule has 0 amide bonds. The lowest BCUT2D eigenvalue weighted by Crippen LogP contribution is -2.37. The molecule has 0 saturated carbocycles. The maximum Gasteiger partial charge on any atom is 0.271 e. The second-order valence-corrected chi connectivity index (χ2v) is 10.4. The molecule has 9 heteroatoms. The van der Waals surface area contributed by atoms with Crippen LogP contribution >= 0.6 is 11.8 Å². The topological polar surface area (TPSA) is 95.8 Å². The normalized spacial score (nSPS) is 15.1. The van der Waals surface area contributed by atoms with Crippen LogP contribution in [0.25, 0.3) is 28.2 Å². The highest BCUT2D eigenvalue weighted by atomic mass is 32.2. The van der Waals surface area contributed by atoms with Crippen molar-refractivity contribution in [2.45, 2.75) is 19.8 Å². The van der Waals surface area contributed by atoms with Crippen molar-refractivity contribution in [1.82, 2.24) is 20.0 Å². The molecule has 0 bridgehead atoms. The van der Waals surface area contributed by atoms with Gasteiger partial charge in [-0.2, -0.15) is 26.6 Å². The number of aromatic amines is 1. The summed E-state index contributed by atoms with van der Waals surface area (Å²) in [5, 5.41) is 26.0. The predicted octanol–water partition coefficient (Wildman–Crippen LogP) is 4.65. The number of hydrogen-bond donors (Lipinski definition) is 3. The highest BCUT2D eigenvalue weighted by Gasteiger charge is 2.32. The van der Waals surface area contributed by atoms with Gasteiger partial charge in [0.25, 0.3) is 5.56 Å². The van der Waals surface area contributed by atoms with Crippen LogP contribution in [0.5, 0.6) is 0 Å². The van der Waals surface area contributed by atoms with Gasteiger partial charge in [0.15, 0.2) is 5.82 Å². The molecule has 0 aliphatic carbocycles. The molecule has 36 heavy (non-hydrogen) atoms. The van der Waals surface area contributed by atoms with E-state index in [0.29, 0.717) is 35.0 Å². The monoisotopic (exact) mass is 505 g/mol. The van der Waals surface area contributed by atoms with Gasteiger partial charge in [-0.25, -0.2) is 4.39 Å². The van der Waals surface area contributed by atoms with Gasteiger partial charge >= 0.3 is 0 Å². The first-order chi connectivity index (χ1) is 17.5. The largest absolute Gasteiger partial charge is 0.396 e. The first-order valence-corrected chi connectivity index (χ1v) is 13.1. The summed E-state index contributed by atoms with van der Waals surface area (Å²) in [6.45, 7) is 2.59. The number of aliphatic hydroxyl groups is 1. The van der Waals surface area contributed by atoms with E-state index in [0.717, 1.165) is 35.5 Å². The quantitative estimate of drug-likeness (QED) is 0.338. The molecule has 7 nitrogen and oxygen atoms in total. The van der Waals surface area contributed by atoms with E-state index in [4.69, 9.17) is 5.10 Å². The molecule has 3 N–H and O–H groups in total. The Kier molecular flexibility index (Phi) is 6.93.